The molecule has 0 aromatic heterocycles. The number of carbonyl (C=O) groups excluding carboxylic acids is 2. The van der Waals surface area contributed by atoms with Crippen LogP contribution in [0.3, 0.4) is 0 Å². The number of hydrogen-bond acceptors (Lipinski definition) is 4. The Bertz CT molecular complexity index is 612. The number of likely N-dealkylation sites (tertiary alicyclic amines) is 1. The summed E-state index contributed by atoms with van der Waals surface area (Å²) in [5.74, 6) is 0.519. The maximum Gasteiger partial charge on any atom is 0.242 e. The van der Waals surface area contributed by atoms with Gasteiger partial charge in [-0.1, -0.05) is 32.0 Å². The highest BCUT2D eigenvalue weighted by Gasteiger charge is 2.28. The lowest BCUT2D eigenvalue weighted by molar-refractivity contribution is -0.129. The number of amides is 2. The average molecular weight is 361 g/mol. The van der Waals surface area contributed by atoms with E-state index in [4.69, 9.17) is 4.74 Å². The van der Waals surface area contributed by atoms with Crippen LogP contribution in [0.2, 0.25) is 0 Å². The normalized spacial score (nSPS) is 17.0. The Balaban J connectivity index is 2.14. The monoisotopic (exact) mass is 361 g/mol. The van der Waals surface area contributed by atoms with E-state index in [1.807, 2.05) is 32.0 Å². The molecule has 1 aliphatic heterocycles. The van der Waals surface area contributed by atoms with Gasteiger partial charge in [-0.3, -0.25) is 14.5 Å². The number of rotatable bonds is 8. The number of nitrogens with one attached hydrogen (secondary N) is 2. The summed E-state index contributed by atoms with van der Waals surface area (Å²) in [7, 11) is 1.67. The van der Waals surface area contributed by atoms with Crippen molar-refractivity contribution in [2.75, 3.05) is 26.7 Å². The second-order valence-corrected chi connectivity index (χ2v) is 7.17. The molecule has 2 N–H and O–H groups in total. The molecule has 0 bridgehead atoms. The molecule has 2 rings (SSSR count). The first-order valence-electron chi connectivity index (χ1n) is 9.35. The number of para-hydroxylation sites is 1. The molecule has 1 heterocycles. The molecule has 0 saturated carbocycles. The first kappa shape index (κ1) is 20.2. The summed E-state index contributed by atoms with van der Waals surface area (Å²) in [5, 5.41) is 5.79. The zero-order valence-electron chi connectivity index (χ0n) is 16.2. The standard InChI is InChI=1S/C20H31N3O3/c1-14(2)19(22-15(3)24)20(25)21-13-17(23-11-7-8-12-23)16-9-5-6-10-18(16)26-4/h5-6,9-10,14,17,19H,7-8,11-13H2,1-4H3,(H,21,25)(H,22,24). The van der Waals surface area contributed by atoms with Gasteiger partial charge in [0.05, 0.1) is 13.2 Å². The van der Waals surface area contributed by atoms with Crippen molar-refractivity contribution >= 4 is 11.8 Å². The van der Waals surface area contributed by atoms with E-state index in [1.165, 1.54) is 19.8 Å². The van der Waals surface area contributed by atoms with E-state index in [0.29, 0.717) is 6.54 Å². The Kier molecular flexibility index (Phi) is 7.45. The van der Waals surface area contributed by atoms with Gasteiger partial charge in [-0.15, -0.1) is 0 Å². The zero-order chi connectivity index (χ0) is 19.1. The lowest BCUT2D eigenvalue weighted by atomic mass is 10.0. The Morgan fingerprint density at radius 2 is 1.85 bits per heavy atom. The molecule has 26 heavy (non-hydrogen) atoms. The molecule has 1 aromatic carbocycles. The van der Waals surface area contributed by atoms with Crippen LogP contribution in [0.4, 0.5) is 0 Å². The third-order valence-electron chi connectivity index (χ3n) is 4.86. The van der Waals surface area contributed by atoms with E-state index < -0.39 is 6.04 Å². The highest BCUT2D eigenvalue weighted by atomic mass is 16.5. The molecular formula is C20H31N3O3. The quantitative estimate of drug-likeness (QED) is 0.744. The Morgan fingerprint density at radius 1 is 1.19 bits per heavy atom. The van der Waals surface area contributed by atoms with Crippen LogP contribution in [0.5, 0.6) is 5.75 Å². The largest absolute Gasteiger partial charge is 0.496 e. The smallest absolute Gasteiger partial charge is 0.242 e. The van der Waals surface area contributed by atoms with E-state index in [-0.39, 0.29) is 23.8 Å². The molecule has 1 aromatic rings. The molecular weight excluding hydrogens is 330 g/mol. The molecule has 0 spiro atoms. The van der Waals surface area contributed by atoms with Gasteiger partial charge in [-0.25, -0.2) is 0 Å². The van der Waals surface area contributed by atoms with E-state index in [1.54, 1.807) is 7.11 Å². The maximum atomic E-state index is 12.6. The zero-order valence-corrected chi connectivity index (χ0v) is 16.2. The van der Waals surface area contributed by atoms with Gasteiger partial charge in [0.1, 0.15) is 11.8 Å². The highest BCUT2D eigenvalue weighted by molar-refractivity contribution is 5.87. The molecule has 6 nitrogen and oxygen atoms in total. The third kappa shape index (κ3) is 5.21. The molecule has 2 atom stereocenters. The molecule has 6 heteroatoms. The van der Waals surface area contributed by atoms with Crippen LogP contribution < -0.4 is 15.4 Å². The number of nitrogens with zero attached hydrogens (tertiary/aromatic N) is 1. The number of carbonyl (C=O) groups is 2. The number of hydrogen-bond donors (Lipinski definition) is 2. The molecule has 2 amide bonds. The van der Waals surface area contributed by atoms with Crippen molar-refractivity contribution in [3.05, 3.63) is 29.8 Å². The topological polar surface area (TPSA) is 70.7 Å². The SMILES string of the molecule is COc1ccccc1C(CNC(=O)C(NC(C)=O)C(C)C)N1CCCC1. The summed E-state index contributed by atoms with van der Waals surface area (Å²) in [6, 6.07) is 7.49. The van der Waals surface area contributed by atoms with Gasteiger partial charge < -0.3 is 15.4 Å². The van der Waals surface area contributed by atoms with Gasteiger partial charge in [0.15, 0.2) is 0 Å². The van der Waals surface area contributed by atoms with Crippen LogP contribution in [0.25, 0.3) is 0 Å². The van der Waals surface area contributed by atoms with Gasteiger partial charge >= 0.3 is 0 Å². The molecule has 1 saturated heterocycles. The summed E-state index contributed by atoms with van der Waals surface area (Å²) >= 11 is 0. The Labute approximate surface area is 156 Å². The maximum absolute atomic E-state index is 12.6. The van der Waals surface area contributed by atoms with Crippen molar-refractivity contribution in [1.82, 2.24) is 15.5 Å². The van der Waals surface area contributed by atoms with E-state index in [9.17, 15) is 9.59 Å². The lowest BCUT2D eigenvalue weighted by Gasteiger charge is -2.30. The summed E-state index contributed by atoms with van der Waals surface area (Å²) in [4.78, 5) is 26.4. The fraction of sp³-hybridized carbons (Fsp3) is 0.600. The predicted octanol–water partition coefficient (Wildman–Crippen LogP) is 2.11. The Hall–Kier alpha value is -2.08. The molecule has 0 aliphatic carbocycles. The van der Waals surface area contributed by atoms with Crippen molar-refractivity contribution in [2.24, 2.45) is 5.92 Å². The number of methoxy groups -OCH3 is 1. The second kappa shape index (κ2) is 9.57. The van der Waals surface area contributed by atoms with Gasteiger partial charge in [0.2, 0.25) is 11.8 Å². The summed E-state index contributed by atoms with van der Waals surface area (Å²) in [5.41, 5.74) is 1.08. The van der Waals surface area contributed by atoms with E-state index in [2.05, 4.69) is 21.6 Å². The molecule has 144 valence electrons. The summed E-state index contributed by atoms with van der Waals surface area (Å²) in [6.07, 6.45) is 2.33. The Morgan fingerprint density at radius 3 is 2.42 bits per heavy atom. The van der Waals surface area contributed by atoms with E-state index in [0.717, 1.165) is 24.4 Å². The predicted molar refractivity (Wildman–Crippen MR) is 102 cm³/mol. The minimum atomic E-state index is -0.524. The minimum Gasteiger partial charge on any atom is -0.496 e. The van der Waals surface area contributed by atoms with Crippen molar-refractivity contribution in [3.63, 3.8) is 0 Å². The molecule has 2 unspecified atom stereocenters. The fourth-order valence-corrected chi connectivity index (χ4v) is 3.49. The van der Waals surface area contributed by atoms with Crippen LogP contribution in [0, 0.1) is 5.92 Å². The van der Waals surface area contributed by atoms with Crippen molar-refractivity contribution in [3.8, 4) is 5.75 Å². The van der Waals surface area contributed by atoms with Crippen LogP contribution in [-0.2, 0) is 9.59 Å². The van der Waals surface area contributed by atoms with Crippen molar-refractivity contribution in [1.29, 1.82) is 0 Å². The first-order valence-corrected chi connectivity index (χ1v) is 9.35. The second-order valence-electron chi connectivity index (χ2n) is 7.17. The van der Waals surface area contributed by atoms with Gasteiger partial charge in [-0.05, 0) is 37.9 Å². The van der Waals surface area contributed by atoms with Crippen molar-refractivity contribution < 1.29 is 14.3 Å². The fourth-order valence-electron chi connectivity index (χ4n) is 3.49. The van der Waals surface area contributed by atoms with Crippen LogP contribution in [-0.4, -0.2) is 49.5 Å². The van der Waals surface area contributed by atoms with Gasteiger partial charge in [0.25, 0.3) is 0 Å². The number of ether oxygens (including phenoxy) is 1. The van der Waals surface area contributed by atoms with Gasteiger partial charge in [0, 0.05) is 19.0 Å². The van der Waals surface area contributed by atoms with Crippen molar-refractivity contribution in [2.45, 2.75) is 45.7 Å². The van der Waals surface area contributed by atoms with Crippen LogP contribution in [0.1, 0.15) is 45.2 Å². The minimum absolute atomic E-state index is 0.0235. The highest BCUT2D eigenvalue weighted by Crippen LogP contribution is 2.31. The van der Waals surface area contributed by atoms with E-state index >= 15 is 0 Å². The molecule has 1 fully saturated rings. The van der Waals surface area contributed by atoms with Crippen LogP contribution in [0.15, 0.2) is 24.3 Å². The lowest BCUT2D eigenvalue weighted by Crippen LogP contribution is -2.50. The summed E-state index contributed by atoms with van der Waals surface area (Å²) in [6.45, 7) is 7.80. The first-order chi connectivity index (χ1) is 12.4. The summed E-state index contributed by atoms with van der Waals surface area (Å²) < 4.78 is 5.53. The third-order valence-corrected chi connectivity index (χ3v) is 4.86. The molecule has 0 radical (unpaired) electrons. The average Bonchev–Trinajstić information content (AvgIpc) is 3.14. The van der Waals surface area contributed by atoms with Gasteiger partial charge in [-0.2, -0.15) is 0 Å². The molecule has 1 aliphatic rings. The van der Waals surface area contributed by atoms with Crippen LogP contribution >= 0.6 is 0 Å². The number of benzene rings is 1.